The molecule has 0 bridgehead atoms. The van der Waals surface area contributed by atoms with Crippen LogP contribution in [0.3, 0.4) is 0 Å². The Morgan fingerprint density at radius 2 is 1.70 bits per heavy atom. The molecular weight excluding hydrogens is 303 g/mol. The molecule has 0 aliphatic rings. The monoisotopic (exact) mass is 323 g/mol. The van der Waals surface area contributed by atoms with Gasteiger partial charge in [0.05, 0.1) is 6.42 Å². The number of rotatable bonds is 5. The second kappa shape index (κ2) is 7.04. The van der Waals surface area contributed by atoms with Gasteiger partial charge in [-0.2, -0.15) is 13.2 Å². The highest BCUT2D eigenvalue weighted by atomic mass is 19.4. The van der Waals surface area contributed by atoms with Gasteiger partial charge in [-0.3, -0.25) is 0 Å². The van der Waals surface area contributed by atoms with E-state index < -0.39 is 18.6 Å². The fourth-order valence-corrected chi connectivity index (χ4v) is 2.46. The average Bonchev–Trinajstić information content (AvgIpc) is 2.43. The Hall–Kier alpha value is -2.01. The number of alkyl halides is 3. The zero-order chi connectivity index (χ0) is 17.0. The number of aryl methyl sites for hydroxylation is 2. The van der Waals surface area contributed by atoms with Crippen molar-refractivity contribution in [3.63, 3.8) is 0 Å². The molecule has 0 aromatic heterocycles. The molecule has 0 unspecified atom stereocenters. The summed E-state index contributed by atoms with van der Waals surface area (Å²) in [4.78, 5) is 0. The Morgan fingerprint density at radius 3 is 2.30 bits per heavy atom. The first-order valence-corrected chi connectivity index (χ1v) is 7.35. The highest BCUT2D eigenvalue weighted by Gasteiger charge is 2.30. The van der Waals surface area contributed by atoms with Crippen LogP contribution in [0.15, 0.2) is 42.5 Å². The summed E-state index contributed by atoms with van der Waals surface area (Å²) in [5, 5.41) is 0. The number of benzene rings is 2. The SMILES string of the molecule is Cc1cc(C)cc(OCc2cccc([C@@H](N)CC(F)(F)F)c2)c1. The number of hydrogen-bond acceptors (Lipinski definition) is 2. The Bertz CT molecular complexity index is 647. The van der Waals surface area contributed by atoms with Crippen molar-refractivity contribution in [3.05, 3.63) is 64.7 Å². The predicted molar refractivity (Wildman–Crippen MR) is 84.3 cm³/mol. The fraction of sp³-hybridized carbons (Fsp3) is 0.333. The van der Waals surface area contributed by atoms with Crippen molar-refractivity contribution in [2.75, 3.05) is 0 Å². The lowest BCUT2D eigenvalue weighted by atomic mass is 10.0. The molecule has 0 heterocycles. The molecule has 0 aliphatic heterocycles. The van der Waals surface area contributed by atoms with E-state index >= 15 is 0 Å². The van der Waals surface area contributed by atoms with Gasteiger partial charge >= 0.3 is 6.18 Å². The Morgan fingerprint density at radius 1 is 1.04 bits per heavy atom. The van der Waals surface area contributed by atoms with E-state index in [2.05, 4.69) is 0 Å². The second-order valence-electron chi connectivity index (χ2n) is 5.78. The maximum Gasteiger partial charge on any atom is 0.390 e. The Kier molecular flexibility index (Phi) is 5.31. The van der Waals surface area contributed by atoms with Crippen LogP contribution in [0.25, 0.3) is 0 Å². The molecule has 2 aromatic rings. The first kappa shape index (κ1) is 17.3. The third-order valence-corrected chi connectivity index (χ3v) is 3.43. The van der Waals surface area contributed by atoms with E-state index in [0.717, 1.165) is 22.4 Å². The highest BCUT2D eigenvalue weighted by Crippen LogP contribution is 2.28. The summed E-state index contributed by atoms with van der Waals surface area (Å²) in [5.41, 5.74) is 9.09. The standard InChI is InChI=1S/C18H20F3NO/c1-12-6-13(2)8-16(7-12)23-11-14-4-3-5-15(9-14)17(22)10-18(19,20)21/h3-9,17H,10-11,22H2,1-2H3/t17-/m0/s1. The molecule has 2 aromatic carbocycles. The molecule has 124 valence electrons. The lowest BCUT2D eigenvalue weighted by Gasteiger charge is -2.15. The van der Waals surface area contributed by atoms with Crippen LogP contribution >= 0.6 is 0 Å². The molecule has 5 heteroatoms. The quantitative estimate of drug-likeness (QED) is 0.855. The van der Waals surface area contributed by atoms with Crippen molar-refractivity contribution >= 4 is 0 Å². The molecule has 0 spiro atoms. The van der Waals surface area contributed by atoms with Crippen molar-refractivity contribution in [2.45, 2.75) is 39.1 Å². The highest BCUT2D eigenvalue weighted by molar-refractivity contribution is 5.33. The normalized spacial score (nSPS) is 13.0. The Labute approximate surface area is 134 Å². The van der Waals surface area contributed by atoms with Crippen LogP contribution in [0.4, 0.5) is 13.2 Å². The van der Waals surface area contributed by atoms with Gasteiger partial charge in [0.25, 0.3) is 0 Å². The van der Waals surface area contributed by atoms with E-state index in [1.165, 1.54) is 0 Å². The van der Waals surface area contributed by atoms with E-state index in [9.17, 15) is 13.2 Å². The molecular formula is C18H20F3NO. The van der Waals surface area contributed by atoms with Crippen molar-refractivity contribution in [1.29, 1.82) is 0 Å². The number of nitrogens with two attached hydrogens (primary N) is 1. The molecule has 1 atom stereocenters. The van der Waals surface area contributed by atoms with Gasteiger partial charge in [-0.15, -0.1) is 0 Å². The van der Waals surface area contributed by atoms with Crippen LogP contribution in [0, 0.1) is 13.8 Å². The van der Waals surface area contributed by atoms with Crippen molar-refractivity contribution in [1.82, 2.24) is 0 Å². The molecule has 0 saturated carbocycles. The summed E-state index contributed by atoms with van der Waals surface area (Å²) in [5.74, 6) is 0.743. The summed E-state index contributed by atoms with van der Waals surface area (Å²) in [6.45, 7) is 4.25. The summed E-state index contributed by atoms with van der Waals surface area (Å²) in [7, 11) is 0. The van der Waals surface area contributed by atoms with Crippen LogP contribution < -0.4 is 10.5 Å². The second-order valence-corrected chi connectivity index (χ2v) is 5.78. The number of ether oxygens (including phenoxy) is 1. The summed E-state index contributed by atoms with van der Waals surface area (Å²) < 4.78 is 43.0. The lowest BCUT2D eigenvalue weighted by Crippen LogP contribution is -2.20. The van der Waals surface area contributed by atoms with E-state index in [1.807, 2.05) is 38.1 Å². The van der Waals surface area contributed by atoms with Gasteiger partial charge in [0, 0.05) is 6.04 Å². The lowest BCUT2D eigenvalue weighted by molar-refractivity contribution is -0.138. The smallest absolute Gasteiger partial charge is 0.390 e. The topological polar surface area (TPSA) is 35.2 Å². The summed E-state index contributed by atoms with van der Waals surface area (Å²) >= 11 is 0. The zero-order valence-electron chi connectivity index (χ0n) is 13.2. The predicted octanol–water partition coefficient (Wildman–Crippen LogP) is 4.83. The molecule has 2 nitrogen and oxygen atoms in total. The third kappa shape index (κ3) is 5.60. The molecule has 23 heavy (non-hydrogen) atoms. The van der Waals surface area contributed by atoms with Gasteiger partial charge in [0.2, 0.25) is 0 Å². The van der Waals surface area contributed by atoms with Gasteiger partial charge in [-0.05, 0) is 48.2 Å². The van der Waals surface area contributed by atoms with Gasteiger partial charge in [0.1, 0.15) is 12.4 Å². The maximum absolute atomic E-state index is 12.4. The molecule has 2 N–H and O–H groups in total. The summed E-state index contributed by atoms with van der Waals surface area (Å²) in [6, 6.07) is 11.6. The van der Waals surface area contributed by atoms with Crippen LogP contribution in [0.2, 0.25) is 0 Å². The number of hydrogen-bond donors (Lipinski definition) is 1. The Balaban J connectivity index is 2.05. The largest absolute Gasteiger partial charge is 0.489 e. The van der Waals surface area contributed by atoms with E-state index in [1.54, 1.807) is 18.2 Å². The number of halogens is 3. The molecule has 0 aliphatic carbocycles. The average molecular weight is 323 g/mol. The van der Waals surface area contributed by atoms with Gasteiger partial charge in [0.15, 0.2) is 0 Å². The molecule has 0 radical (unpaired) electrons. The van der Waals surface area contributed by atoms with E-state index in [-0.39, 0.29) is 6.61 Å². The van der Waals surface area contributed by atoms with Gasteiger partial charge in [-0.25, -0.2) is 0 Å². The van der Waals surface area contributed by atoms with Crippen LogP contribution in [0.5, 0.6) is 5.75 Å². The molecule has 0 amide bonds. The van der Waals surface area contributed by atoms with Gasteiger partial charge in [-0.1, -0.05) is 30.3 Å². The first-order chi connectivity index (χ1) is 10.7. The van der Waals surface area contributed by atoms with Crippen LogP contribution in [-0.2, 0) is 6.61 Å². The van der Waals surface area contributed by atoms with Crippen molar-refractivity contribution < 1.29 is 17.9 Å². The van der Waals surface area contributed by atoms with Crippen LogP contribution in [-0.4, -0.2) is 6.18 Å². The minimum absolute atomic E-state index is 0.287. The maximum atomic E-state index is 12.4. The van der Waals surface area contributed by atoms with Crippen molar-refractivity contribution in [2.24, 2.45) is 5.73 Å². The third-order valence-electron chi connectivity index (χ3n) is 3.43. The van der Waals surface area contributed by atoms with E-state index in [4.69, 9.17) is 10.5 Å². The fourth-order valence-electron chi connectivity index (χ4n) is 2.46. The zero-order valence-corrected chi connectivity index (χ0v) is 13.2. The molecule has 2 rings (SSSR count). The summed E-state index contributed by atoms with van der Waals surface area (Å²) in [6.07, 6.45) is -5.31. The van der Waals surface area contributed by atoms with Crippen LogP contribution in [0.1, 0.15) is 34.7 Å². The minimum Gasteiger partial charge on any atom is -0.489 e. The first-order valence-electron chi connectivity index (χ1n) is 7.35. The van der Waals surface area contributed by atoms with E-state index in [0.29, 0.717) is 5.56 Å². The van der Waals surface area contributed by atoms with Crippen molar-refractivity contribution in [3.8, 4) is 5.75 Å². The molecule has 0 fully saturated rings. The van der Waals surface area contributed by atoms with Gasteiger partial charge < -0.3 is 10.5 Å². The minimum atomic E-state index is -4.27. The molecule has 0 saturated heterocycles.